The molecular formula is C19H28N4O2. The van der Waals surface area contributed by atoms with Crippen LogP contribution in [0.4, 0.5) is 0 Å². The summed E-state index contributed by atoms with van der Waals surface area (Å²) in [7, 11) is 1.70. The summed E-state index contributed by atoms with van der Waals surface area (Å²) in [6.45, 7) is 8.22. The number of nitrogens with zero attached hydrogens (tertiary/aromatic N) is 2. The van der Waals surface area contributed by atoms with Crippen molar-refractivity contribution >= 4 is 5.96 Å². The number of aromatic nitrogens is 1. The van der Waals surface area contributed by atoms with Gasteiger partial charge in [0.15, 0.2) is 11.7 Å². The molecule has 1 aromatic heterocycles. The third-order valence-corrected chi connectivity index (χ3v) is 3.83. The molecule has 0 amide bonds. The van der Waals surface area contributed by atoms with E-state index < -0.39 is 0 Å². The van der Waals surface area contributed by atoms with Gasteiger partial charge in [0.1, 0.15) is 12.3 Å². The SMILES string of the molecule is CCNC(=NCc1cc(CC)no1)NCCc1cc(C)ccc1OC. The van der Waals surface area contributed by atoms with E-state index in [1.807, 2.05) is 19.1 Å². The van der Waals surface area contributed by atoms with Crippen LogP contribution in [0.5, 0.6) is 5.75 Å². The van der Waals surface area contributed by atoms with E-state index in [4.69, 9.17) is 9.26 Å². The van der Waals surface area contributed by atoms with Gasteiger partial charge in [0, 0.05) is 19.2 Å². The topological polar surface area (TPSA) is 71.7 Å². The normalized spacial score (nSPS) is 11.4. The Morgan fingerprint density at radius 1 is 1.24 bits per heavy atom. The third kappa shape index (κ3) is 5.81. The Morgan fingerprint density at radius 2 is 2.08 bits per heavy atom. The van der Waals surface area contributed by atoms with E-state index >= 15 is 0 Å². The third-order valence-electron chi connectivity index (χ3n) is 3.83. The molecule has 0 radical (unpaired) electrons. The quantitative estimate of drug-likeness (QED) is 0.569. The van der Waals surface area contributed by atoms with E-state index in [-0.39, 0.29) is 0 Å². The maximum absolute atomic E-state index is 5.43. The Kier molecular flexibility index (Phi) is 7.32. The minimum atomic E-state index is 0.468. The zero-order chi connectivity index (χ0) is 18.1. The second-order valence-corrected chi connectivity index (χ2v) is 5.83. The number of rotatable bonds is 8. The van der Waals surface area contributed by atoms with Crippen molar-refractivity contribution in [3.05, 3.63) is 46.8 Å². The van der Waals surface area contributed by atoms with Crippen molar-refractivity contribution in [3.63, 3.8) is 0 Å². The summed E-state index contributed by atoms with van der Waals surface area (Å²) in [5.41, 5.74) is 3.37. The highest BCUT2D eigenvalue weighted by Crippen LogP contribution is 2.19. The molecule has 0 fully saturated rings. The van der Waals surface area contributed by atoms with Crippen molar-refractivity contribution in [1.29, 1.82) is 0 Å². The van der Waals surface area contributed by atoms with Crippen molar-refractivity contribution in [2.24, 2.45) is 4.99 Å². The summed E-state index contributed by atoms with van der Waals surface area (Å²) in [4.78, 5) is 4.55. The maximum Gasteiger partial charge on any atom is 0.191 e. The molecule has 136 valence electrons. The maximum atomic E-state index is 5.43. The standard InChI is InChI=1S/C19H28N4O2/c1-5-16-12-17(25-23-16)13-22-19(20-6-2)21-10-9-15-11-14(3)7-8-18(15)24-4/h7-8,11-12H,5-6,9-10,13H2,1-4H3,(H2,20,21,22). The molecule has 0 bridgehead atoms. The van der Waals surface area contributed by atoms with Gasteiger partial charge < -0.3 is 19.9 Å². The average molecular weight is 344 g/mol. The molecule has 2 N–H and O–H groups in total. The first-order valence-corrected chi connectivity index (χ1v) is 8.76. The Hall–Kier alpha value is -2.50. The van der Waals surface area contributed by atoms with Crippen LogP contribution in [0, 0.1) is 6.92 Å². The van der Waals surface area contributed by atoms with Crippen molar-refractivity contribution in [3.8, 4) is 5.75 Å². The van der Waals surface area contributed by atoms with Crippen LogP contribution in [0.1, 0.15) is 36.4 Å². The molecule has 0 spiro atoms. The molecule has 2 rings (SSSR count). The monoisotopic (exact) mass is 344 g/mol. The van der Waals surface area contributed by atoms with Crippen molar-refractivity contribution in [1.82, 2.24) is 15.8 Å². The first-order chi connectivity index (χ1) is 12.2. The largest absolute Gasteiger partial charge is 0.496 e. The predicted molar refractivity (Wildman–Crippen MR) is 100 cm³/mol. The zero-order valence-electron chi connectivity index (χ0n) is 15.6. The van der Waals surface area contributed by atoms with Gasteiger partial charge in [-0.1, -0.05) is 29.8 Å². The van der Waals surface area contributed by atoms with E-state index in [0.717, 1.165) is 49.1 Å². The second kappa shape index (κ2) is 9.71. The van der Waals surface area contributed by atoms with Crippen LogP contribution in [0.3, 0.4) is 0 Å². The highest BCUT2D eigenvalue weighted by Gasteiger charge is 2.05. The molecule has 0 aliphatic rings. The van der Waals surface area contributed by atoms with E-state index in [2.05, 4.69) is 46.8 Å². The van der Waals surface area contributed by atoms with Crippen LogP contribution in [0.25, 0.3) is 0 Å². The molecule has 6 heteroatoms. The summed E-state index contributed by atoms with van der Waals surface area (Å²) >= 11 is 0. The first-order valence-electron chi connectivity index (χ1n) is 8.76. The van der Waals surface area contributed by atoms with Crippen molar-refractivity contribution in [2.75, 3.05) is 20.2 Å². The number of benzene rings is 1. The van der Waals surface area contributed by atoms with Crippen molar-refractivity contribution < 1.29 is 9.26 Å². The van der Waals surface area contributed by atoms with Gasteiger partial charge in [0.2, 0.25) is 0 Å². The van der Waals surface area contributed by atoms with Gasteiger partial charge in [-0.15, -0.1) is 0 Å². The smallest absolute Gasteiger partial charge is 0.191 e. The first kappa shape index (κ1) is 18.8. The van der Waals surface area contributed by atoms with Crippen LogP contribution in [-0.4, -0.2) is 31.3 Å². The zero-order valence-corrected chi connectivity index (χ0v) is 15.6. The van der Waals surface area contributed by atoms with Crippen LogP contribution in [0.15, 0.2) is 33.8 Å². The number of aliphatic imine (C=N–C) groups is 1. The molecular weight excluding hydrogens is 316 g/mol. The molecule has 0 aliphatic carbocycles. The molecule has 0 saturated carbocycles. The van der Waals surface area contributed by atoms with Gasteiger partial charge in [-0.05, 0) is 38.3 Å². The molecule has 1 heterocycles. The highest BCUT2D eigenvalue weighted by atomic mass is 16.5. The molecule has 0 atom stereocenters. The molecule has 0 saturated heterocycles. The fraction of sp³-hybridized carbons (Fsp3) is 0.474. The van der Waals surface area contributed by atoms with E-state index in [1.165, 1.54) is 11.1 Å². The molecule has 0 unspecified atom stereocenters. The Balaban J connectivity index is 1.92. The number of guanidine groups is 1. The lowest BCUT2D eigenvalue weighted by atomic mass is 10.1. The van der Waals surface area contributed by atoms with Gasteiger partial charge in [0.25, 0.3) is 0 Å². The predicted octanol–water partition coefficient (Wildman–Crippen LogP) is 2.85. The van der Waals surface area contributed by atoms with Crippen LogP contribution in [0.2, 0.25) is 0 Å². The van der Waals surface area contributed by atoms with Crippen molar-refractivity contribution in [2.45, 2.75) is 40.2 Å². The number of nitrogens with one attached hydrogen (secondary N) is 2. The molecule has 1 aromatic carbocycles. The van der Waals surface area contributed by atoms with E-state index in [0.29, 0.717) is 6.54 Å². The molecule has 0 aliphatic heterocycles. The summed E-state index contributed by atoms with van der Waals surface area (Å²) in [6, 6.07) is 8.18. The number of hydrogen-bond acceptors (Lipinski definition) is 4. The van der Waals surface area contributed by atoms with Gasteiger partial charge in [-0.3, -0.25) is 0 Å². The molecule has 25 heavy (non-hydrogen) atoms. The van der Waals surface area contributed by atoms with E-state index in [9.17, 15) is 0 Å². The Bertz CT molecular complexity index is 694. The Labute approximate surface area is 149 Å². The average Bonchev–Trinajstić information content (AvgIpc) is 3.08. The highest BCUT2D eigenvalue weighted by molar-refractivity contribution is 5.79. The minimum Gasteiger partial charge on any atom is -0.496 e. The summed E-state index contributed by atoms with van der Waals surface area (Å²) in [5, 5.41) is 10.6. The number of ether oxygens (including phenoxy) is 1. The number of methoxy groups -OCH3 is 1. The lowest BCUT2D eigenvalue weighted by Gasteiger charge is -2.13. The number of hydrogen-bond donors (Lipinski definition) is 2. The lowest BCUT2D eigenvalue weighted by Crippen LogP contribution is -2.38. The van der Waals surface area contributed by atoms with E-state index in [1.54, 1.807) is 7.11 Å². The van der Waals surface area contributed by atoms with Gasteiger partial charge in [-0.25, -0.2) is 4.99 Å². The van der Waals surface area contributed by atoms with Crippen LogP contribution in [-0.2, 0) is 19.4 Å². The van der Waals surface area contributed by atoms with Crippen LogP contribution < -0.4 is 15.4 Å². The summed E-state index contributed by atoms with van der Waals surface area (Å²) < 4.78 is 10.7. The minimum absolute atomic E-state index is 0.468. The second-order valence-electron chi connectivity index (χ2n) is 5.83. The summed E-state index contributed by atoms with van der Waals surface area (Å²) in [5.74, 6) is 2.46. The van der Waals surface area contributed by atoms with Gasteiger partial charge in [-0.2, -0.15) is 0 Å². The van der Waals surface area contributed by atoms with Gasteiger partial charge >= 0.3 is 0 Å². The Morgan fingerprint density at radius 3 is 2.76 bits per heavy atom. The summed E-state index contributed by atoms with van der Waals surface area (Å²) in [6.07, 6.45) is 1.72. The molecule has 6 nitrogen and oxygen atoms in total. The lowest BCUT2D eigenvalue weighted by molar-refractivity contribution is 0.379. The van der Waals surface area contributed by atoms with Gasteiger partial charge in [0.05, 0.1) is 12.8 Å². The fourth-order valence-electron chi connectivity index (χ4n) is 2.51. The fourth-order valence-corrected chi connectivity index (χ4v) is 2.51. The number of aryl methyl sites for hydroxylation is 2. The van der Waals surface area contributed by atoms with Crippen LogP contribution >= 0.6 is 0 Å². The molecule has 2 aromatic rings.